The van der Waals surface area contributed by atoms with Gasteiger partial charge in [-0.15, -0.1) is 0 Å². The number of hydrogen-bond acceptors (Lipinski definition) is 2. The Hall–Kier alpha value is -1.45. The van der Waals surface area contributed by atoms with Gasteiger partial charge in [-0.2, -0.15) is 0 Å². The second kappa shape index (κ2) is 7.01. The standard InChI is InChI=1S/C17H20ClFN2/c1-4-20-15(17-12(3)8-11(2)10-21-17)9-13-6-5-7-14(18)16(13)19/h5-8,10,15,20H,4,9H2,1-3H3. The minimum Gasteiger partial charge on any atom is -0.309 e. The Kier molecular flexibility index (Phi) is 5.32. The summed E-state index contributed by atoms with van der Waals surface area (Å²) in [5.41, 5.74) is 3.81. The summed E-state index contributed by atoms with van der Waals surface area (Å²) in [4.78, 5) is 4.53. The van der Waals surface area contributed by atoms with Crippen molar-refractivity contribution in [2.75, 3.05) is 6.54 Å². The molecule has 0 amide bonds. The molecule has 0 bridgehead atoms. The molecule has 0 aliphatic rings. The van der Waals surface area contributed by atoms with Crippen LogP contribution in [0.4, 0.5) is 4.39 Å². The van der Waals surface area contributed by atoms with Gasteiger partial charge in [0, 0.05) is 6.20 Å². The third-order valence-corrected chi connectivity index (χ3v) is 3.78. The van der Waals surface area contributed by atoms with Crippen molar-refractivity contribution in [1.82, 2.24) is 10.3 Å². The SMILES string of the molecule is CCNC(Cc1cccc(Cl)c1F)c1ncc(C)cc1C. The Morgan fingerprint density at radius 3 is 2.76 bits per heavy atom. The quantitative estimate of drug-likeness (QED) is 0.886. The van der Waals surface area contributed by atoms with Gasteiger partial charge in [-0.05, 0) is 49.6 Å². The predicted molar refractivity (Wildman–Crippen MR) is 85.2 cm³/mol. The molecule has 1 atom stereocenters. The van der Waals surface area contributed by atoms with Gasteiger partial charge in [0.05, 0.1) is 16.8 Å². The van der Waals surface area contributed by atoms with Gasteiger partial charge in [-0.3, -0.25) is 4.98 Å². The summed E-state index contributed by atoms with van der Waals surface area (Å²) in [5.74, 6) is -0.341. The van der Waals surface area contributed by atoms with Gasteiger partial charge in [-0.1, -0.05) is 36.7 Å². The summed E-state index contributed by atoms with van der Waals surface area (Å²) in [5, 5.41) is 3.55. The lowest BCUT2D eigenvalue weighted by Crippen LogP contribution is -2.25. The van der Waals surface area contributed by atoms with Crippen LogP contribution < -0.4 is 5.32 Å². The fourth-order valence-electron chi connectivity index (χ4n) is 2.53. The summed E-state index contributed by atoms with van der Waals surface area (Å²) < 4.78 is 14.1. The van der Waals surface area contributed by atoms with E-state index in [1.165, 1.54) is 0 Å². The van der Waals surface area contributed by atoms with Crippen LogP contribution in [0.3, 0.4) is 0 Å². The lowest BCUT2D eigenvalue weighted by molar-refractivity contribution is 0.515. The van der Waals surface area contributed by atoms with Gasteiger partial charge in [0.2, 0.25) is 0 Å². The molecule has 0 spiro atoms. The van der Waals surface area contributed by atoms with Gasteiger partial charge < -0.3 is 5.32 Å². The molecule has 0 saturated heterocycles. The highest BCUT2D eigenvalue weighted by atomic mass is 35.5. The average molecular weight is 307 g/mol. The lowest BCUT2D eigenvalue weighted by Gasteiger charge is -2.20. The maximum absolute atomic E-state index is 14.1. The van der Waals surface area contributed by atoms with Gasteiger partial charge in [0.15, 0.2) is 0 Å². The van der Waals surface area contributed by atoms with Crippen LogP contribution in [-0.2, 0) is 6.42 Å². The molecular formula is C17H20ClFN2. The lowest BCUT2D eigenvalue weighted by atomic mass is 9.99. The van der Waals surface area contributed by atoms with E-state index in [0.717, 1.165) is 23.4 Å². The molecule has 0 aliphatic carbocycles. The van der Waals surface area contributed by atoms with E-state index in [4.69, 9.17) is 11.6 Å². The van der Waals surface area contributed by atoms with Gasteiger partial charge in [0.1, 0.15) is 5.82 Å². The van der Waals surface area contributed by atoms with Crippen LogP contribution in [0.15, 0.2) is 30.5 Å². The predicted octanol–water partition coefficient (Wildman–Crippen LogP) is 4.38. The molecule has 0 radical (unpaired) electrons. The van der Waals surface area contributed by atoms with Crippen molar-refractivity contribution in [3.05, 3.63) is 63.7 Å². The Labute approximate surface area is 130 Å². The van der Waals surface area contributed by atoms with Crippen LogP contribution >= 0.6 is 11.6 Å². The average Bonchev–Trinajstić information content (AvgIpc) is 2.43. The molecular weight excluding hydrogens is 287 g/mol. The van der Waals surface area contributed by atoms with Crippen molar-refractivity contribution in [3.8, 4) is 0 Å². The van der Waals surface area contributed by atoms with E-state index in [1.807, 2.05) is 27.0 Å². The molecule has 1 aromatic heterocycles. The first kappa shape index (κ1) is 15.9. The number of nitrogens with zero attached hydrogens (tertiary/aromatic N) is 1. The van der Waals surface area contributed by atoms with Crippen molar-refractivity contribution >= 4 is 11.6 Å². The highest BCUT2D eigenvalue weighted by molar-refractivity contribution is 6.30. The molecule has 0 fully saturated rings. The molecule has 1 N–H and O–H groups in total. The zero-order chi connectivity index (χ0) is 15.4. The van der Waals surface area contributed by atoms with Crippen LogP contribution in [0, 0.1) is 19.7 Å². The number of aryl methyl sites for hydroxylation is 2. The van der Waals surface area contributed by atoms with Crippen LogP contribution in [0.2, 0.25) is 5.02 Å². The minimum absolute atomic E-state index is 0.0245. The molecule has 112 valence electrons. The zero-order valence-corrected chi connectivity index (χ0v) is 13.3. The van der Waals surface area contributed by atoms with Crippen molar-refractivity contribution < 1.29 is 4.39 Å². The number of aromatic nitrogens is 1. The smallest absolute Gasteiger partial charge is 0.145 e. The van der Waals surface area contributed by atoms with E-state index in [0.29, 0.717) is 12.0 Å². The molecule has 1 aromatic carbocycles. The van der Waals surface area contributed by atoms with Gasteiger partial charge in [0.25, 0.3) is 0 Å². The van der Waals surface area contributed by atoms with Gasteiger partial charge >= 0.3 is 0 Å². The normalized spacial score (nSPS) is 12.4. The van der Waals surface area contributed by atoms with E-state index >= 15 is 0 Å². The fourth-order valence-corrected chi connectivity index (χ4v) is 2.72. The maximum Gasteiger partial charge on any atom is 0.145 e. The van der Waals surface area contributed by atoms with Crippen LogP contribution in [0.1, 0.15) is 35.3 Å². The molecule has 1 heterocycles. The Balaban J connectivity index is 2.33. The second-order valence-corrected chi connectivity index (χ2v) is 5.65. The van der Waals surface area contributed by atoms with Crippen LogP contribution in [0.5, 0.6) is 0 Å². The Morgan fingerprint density at radius 2 is 2.10 bits per heavy atom. The first-order valence-corrected chi connectivity index (χ1v) is 7.50. The number of pyridine rings is 1. The Morgan fingerprint density at radius 1 is 1.33 bits per heavy atom. The van der Waals surface area contributed by atoms with Gasteiger partial charge in [-0.25, -0.2) is 4.39 Å². The van der Waals surface area contributed by atoms with E-state index < -0.39 is 0 Å². The van der Waals surface area contributed by atoms with Crippen molar-refractivity contribution in [3.63, 3.8) is 0 Å². The molecule has 0 aliphatic heterocycles. The molecule has 2 nitrogen and oxygen atoms in total. The molecule has 0 saturated carbocycles. The van der Waals surface area contributed by atoms with E-state index in [9.17, 15) is 4.39 Å². The molecule has 1 unspecified atom stereocenters. The summed E-state index contributed by atoms with van der Waals surface area (Å²) in [6, 6.07) is 7.19. The van der Waals surface area contributed by atoms with Crippen molar-refractivity contribution in [2.24, 2.45) is 0 Å². The number of hydrogen-bond donors (Lipinski definition) is 1. The first-order valence-electron chi connectivity index (χ1n) is 7.12. The summed E-state index contributed by atoms with van der Waals surface area (Å²) >= 11 is 5.86. The van der Waals surface area contributed by atoms with E-state index in [2.05, 4.69) is 16.4 Å². The highest BCUT2D eigenvalue weighted by Gasteiger charge is 2.18. The molecule has 21 heavy (non-hydrogen) atoms. The maximum atomic E-state index is 14.1. The monoisotopic (exact) mass is 306 g/mol. The van der Waals surface area contributed by atoms with Crippen molar-refractivity contribution in [1.29, 1.82) is 0 Å². The number of likely N-dealkylation sites (N-methyl/N-ethyl adjacent to an activating group) is 1. The largest absolute Gasteiger partial charge is 0.309 e. The summed E-state index contributed by atoms with van der Waals surface area (Å²) in [6.45, 7) is 6.88. The van der Waals surface area contributed by atoms with Crippen LogP contribution in [-0.4, -0.2) is 11.5 Å². The van der Waals surface area contributed by atoms with E-state index in [-0.39, 0.29) is 16.9 Å². The zero-order valence-electron chi connectivity index (χ0n) is 12.6. The molecule has 2 aromatic rings. The number of rotatable bonds is 5. The molecule has 2 rings (SSSR count). The first-order chi connectivity index (χ1) is 10.0. The number of halogens is 2. The second-order valence-electron chi connectivity index (χ2n) is 5.24. The minimum atomic E-state index is -0.341. The third-order valence-electron chi connectivity index (χ3n) is 3.49. The number of benzene rings is 1. The topological polar surface area (TPSA) is 24.9 Å². The molecule has 4 heteroatoms. The Bertz CT molecular complexity index is 628. The van der Waals surface area contributed by atoms with Crippen molar-refractivity contribution in [2.45, 2.75) is 33.2 Å². The van der Waals surface area contributed by atoms with E-state index in [1.54, 1.807) is 18.2 Å². The third kappa shape index (κ3) is 3.80. The number of nitrogens with one attached hydrogen (secondary N) is 1. The van der Waals surface area contributed by atoms with Crippen LogP contribution in [0.25, 0.3) is 0 Å². The summed E-state index contributed by atoms with van der Waals surface area (Å²) in [6.07, 6.45) is 2.37. The fraction of sp³-hybridized carbons (Fsp3) is 0.353. The summed E-state index contributed by atoms with van der Waals surface area (Å²) in [7, 11) is 0. The highest BCUT2D eigenvalue weighted by Crippen LogP contribution is 2.25.